The lowest BCUT2D eigenvalue weighted by atomic mass is 10.1. The van der Waals surface area contributed by atoms with E-state index in [9.17, 15) is 4.79 Å². The number of aryl methyl sites for hydroxylation is 1. The third-order valence-electron chi connectivity index (χ3n) is 2.37. The maximum atomic E-state index is 11.6. The van der Waals surface area contributed by atoms with Gasteiger partial charge in [0.25, 0.3) is 5.91 Å². The molecule has 1 aromatic rings. The molecule has 0 aliphatic rings. The fraction of sp³-hybridized carbons (Fsp3) is 0.545. The van der Waals surface area contributed by atoms with Crippen LogP contribution in [0.1, 0.15) is 30.0 Å². The van der Waals surface area contributed by atoms with Crippen LogP contribution < -0.4 is 11.1 Å². The van der Waals surface area contributed by atoms with Crippen molar-refractivity contribution in [3.63, 3.8) is 0 Å². The van der Waals surface area contributed by atoms with Crippen molar-refractivity contribution in [1.82, 2.24) is 15.3 Å². The zero-order valence-electron chi connectivity index (χ0n) is 9.90. The van der Waals surface area contributed by atoms with Gasteiger partial charge in [-0.15, -0.1) is 0 Å². The van der Waals surface area contributed by atoms with Crippen LogP contribution in [0.25, 0.3) is 0 Å². The minimum absolute atomic E-state index is 0.0395. The Morgan fingerprint density at radius 1 is 1.44 bits per heavy atom. The minimum Gasteiger partial charge on any atom is -0.349 e. The summed E-state index contributed by atoms with van der Waals surface area (Å²) in [6.45, 7) is 6.31. The molecule has 0 aliphatic carbocycles. The fourth-order valence-corrected chi connectivity index (χ4v) is 1.05. The molecule has 1 amide bonds. The van der Waals surface area contributed by atoms with Gasteiger partial charge in [-0.2, -0.15) is 0 Å². The van der Waals surface area contributed by atoms with E-state index in [0.717, 1.165) is 5.69 Å². The van der Waals surface area contributed by atoms with Crippen LogP contribution in [0.2, 0.25) is 0 Å². The first-order valence-electron chi connectivity index (χ1n) is 5.33. The van der Waals surface area contributed by atoms with Gasteiger partial charge in [-0.3, -0.25) is 9.78 Å². The summed E-state index contributed by atoms with van der Waals surface area (Å²) in [5.74, 6) is 0.105. The van der Waals surface area contributed by atoms with Crippen molar-refractivity contribution < 1.29 is 4.79 Å². The van der Waals surface area contributed by atoms with Gasteiger partial charge in [0, 0.05) is 18.8 Å². The smallest absolute Gasteiger partial charge is 0.271 e. The molecule has 16 heavy (non-hydrogen) atoms. The van der Waals surface area contributed by atoms with E-state index < -0.39 is 0 Å². The summed E-state index contributed by atoms with van der Waals surface area (Å²) in [4.78, 5) is 19.6. The number of carbonyl (C=O) groups is 1. The van der Waals surface area contributed by atoms with E-state index in [2.05, 4.69) is 15.3 Å². The lowest BCUT2D eigenvalue weighted by Crippen LogP contribution is -2.40. The van der Waals surface area contributed by atoms with Crippen LogP contribution in [-0.2, 0) is 0 Å². The van der Waals surface area contributed by atoms with E-state index in [1.807, 2.05) is 20.8 Å². The average molecular weight is 222 g/mol. The highest BCUT2D eigenvalue weighted by Crippen LogP contribution is 1.98. The van der Waals surface area contributed by atoms with Crippen molar-refractivity contribution in [3.05, 3.63) is 23.8 Å². The standard InChI is InChI=1S/C11H18N4O/c1-7(2)9(12)5-15-11(16)10-6-13-8(3)4-14-10/h4,6-7,9H,5,12H2,1-3H3,(H,15,16). The predicted octanol–water partition coefficient (Wildman–Crippen LogP) is 0.498. The van der Waals surface area contributed by atoms with Gasteiger partial charge in [0.05, 0.1) is 11.9 Å². The summed E-state index contributed by atoms with van der Waals surface area (Å²) in [6, 6.07) is -0.0395. The first-order valence-corrected chi connectivity index (χ1v) is 5.33. The van der Waals surface area contributed by atoms with E-state index in [1.165, 1.54) is 6.20 Å². The summed E-state index contributed by atoms with van der Waals surface area (Å²) in [7, 11) is 0. The topological polar surface area (TPSA) is 80.9 Å². The Bertz CT molecular complexity index is 348. The Morgan fingerprint density at radius 3 is 2.62 bits per heavy atom. The van der Waals surface area contributed by atoms with Crippen LogP contribution in [0.3, 0.4) is 0 Å². The molecule has 0 aromatic carbocycles. The molecule has 0 saturated carbocycles. The molecule has 1 heterocycles. The van der Waals surface area contributed by atoms with Crippen molar-refractivity contribution in [2.75, 3.05) is 6.54 Å². The van der Waals surface area contributed by atoms with E-state index in [0.29, 0.717) is 18.2 Å². The predicted molar refractivity (Wildman–Crippen MR) is 61.9 cm³/mol. The molecule has 0 fully saturated rings. The van der Waals surface area contributed by atoms with E-state index >= 15 is 0 Å². The van der Waals surface area contributed by atoms with Crippen molar-refractivity contribution in [2.24, 2.45) is 11.7 Å². The molecule has 1 atom stereocenters. The summed E-state index contributed by atoms with van der Waals surface area (Å²) < 4.78 is 0. The van der Waals surface area contributed by atoms with Gasteiger partial charge < -0.3 is 11.1 Å². The van der Waals surface area contributed by atoms with Gasteiger partial charge in [0.15, 0.2) is 0 Å². The Hall–Kier alpha value is -1.49. The number of amides is 1. The molecule has 0 radical (unpaired) electrons. The molecule has 0 bridgehead atoms. The zero-order chi connectivity index (χ0) is 12.1. The molecule has 0 aliphatic heterocycles. The highest BCUT2D eigenvalue weighted by Gasteiger charge is 2.11. The second-order valence-electron chi connectivity index (χ2n) is 4.16. The number of hydrogen-bond donors (Lipinski definition) is 2. The van der Waals surface area contributed by atoms with Crippen LogP contribution in [0, 0.1) is 12.8 Å². The van der Waals surface area contributed by atoms with Crippen LogP contribution >= 0.6 is 0 Å². The number of aromatic nitrogens is 2. The quantitative estimate of drug-likeness (QED) is 0.777. The summed E-state index contributed by atoms with van der Waals surface area (Å²) in [5, 5.41) is 2.73. The van der Waals surface area contributed by atoms with Crippen molar-refractivity contribution in [2.45, 2.75) is 26.8 Å². The molecule has 5 nitrogen and oxygen atoms in total. The third-order valence-corrected chi connectivity index (χ3v) is 2.37. The number of hydrogen-bond acceptors (Lipinski definition) is 4. The van der Waals surface area contributed by atoms with Crippen molar-refractivity contribution in [1.29, 1.82) is 0 Å². The monoisotopic (exact) mass is 222 g/mol. The summed E-state index contributed by atoms with van der Waals surface area (Å²) >= 11 is 0. The molecule has 3 N–H and O–H groups in total. The van der Waals surface area contributed by atoms with Gasteiger partial charge in [-0.05, 0) is 12.8 Å². The number of rotatable bonds is 4. The summed E-state index contributed by atoms with van der Waals surface area (Å²) in [6.07, 6.45) is 3.03. The van der Waals surface area contributed by atoms with Gasteiger partial charge in [-0.1, -0.05) is 13.8 Å². The van der Waals surface area contributed by atoms with Gasteiger partial charge >= 0.3 is 0 Å². The molecule has 88 valence electrons. The molecule has 1 rings (SSSR count). The SMILES string of the molecule is Cc1cnc(C(=O)NCC(N)C(C)C)cn1. The number of carbonyl (C=O) groups excluding carboxylic acids is 1. The van der Waals surface area contributed by atoms with Crippen LogP contribution in [-0.4, -0.2) is 28.5 Å². The largest absolute Gasteiger partial charge is 0.349 e. The van der Waals surface area contributed by atoms with E-state index in [4.69, 9.17) is 5.73 Å². The molecule has 1 aromatic heterocycles. The number of nitrogens with one attached hydrogen (secondary N) is 1. The normalized spacial score (nSPS) is 12.6. The summed E-state index contributed by atoms with van der Waals surface area (Å²) in [5.41, 5.74) is 6.92. The first-order chi connectivity index (χ1) is 7.50. The third kappa shape index (κ3) is 3.58. The maximum Gasteiger partial charge on any atom is 0.271 e. The highest BCUT2D eigenvalue weighted by molar-refractivity contribution is 5.91. The van der Waals surface area contributed by atoms with Crippen LogP contribution in [0.4, 0.5) is 0 Å². The Balaban J connectivity index is 2.50. The van der Waals surface area contributed by atoms with Gasteiger partial charge in [0.1, 0.15) is 5.69 Å². The zero-order valence-corrected chi connectivity index (χ0v) is 9.90. The van der Waals surface area contributed by atoms with E-state index in [1.54, 1.807) is 6.20 Å². The van der Waals surface area contributed by atoms with Crippen molar-refractivity contribution >= 4 is 5.91 Å². The fourth-order valence-electron chi connectivity index (χ4n) is 1.05. The lowest BCUT2D eigenvalue weighted by molar-refractivity contribution is 0.0944. The Labute approximate surface area is 95.5 Å². The van der Waals surface area contributed by atoms with E-state index in [-0.39, 0.29) is 11.9 Å². The molecular formula is C11H18N4O. The Kier molecular flexibility index (Phi) is 4.37. The maximum absolute atomic E-state index is 11.6. The lowest BCUT2D eigenvalue weighted by Gasteiger charge is -2.15. The van der Waals surface area contributed by atoms with Gasteiger partial charge in [0.2, 0.25) is 0 Å². The van der Waals surface area contributed by atoms with Crippen LogP contribution in [0.5, 0.6) is 0 Å². The average Bonchev–Trinajstić information content (AvgIpc) is 2.26. The molecule has 0 spiro atoms. The van der Waals surface area contributed by atoms with Crippen LogP contribution in [0.15, 0.2) is 12.4 Å². The molecular weight excluding hydrogens is 204 g/mol. The Morgan fingerprint density at radius 2 is 2.12 bits per heavy atom. The molecule has 5 heteroatoms. The number of nitrogens with zero attached hydrogens (tertiary/aromatic N) is 2. The molecule has 1 unspecified atom stereocenters. The van der Waals surface area contributed by atoms with Gasteiger partial charge in [-0.25, -0.2) is 4.98 Å². The van der Waals surface area contributed by atoms with Crippen molar-refractivity contribution in [3.8, 4) is 0 Å². The second-order valence-corrected chi connectivity index (χ2v) is 4.16. The highest BCUT2D eigenvalue weighted by atomic mass is 16.1. The minimum atomic E-state index is -0.233. The first kappa shape index (κ1) is 12.6. The second kappa shape index (κ2) is 5.55. The molecule has 0 saturated heterocycles. The number of nitrogens with two attached hydrogens (primary N) is 1.